The highest BCUT2D eigenvalue weighted by atomic mass is 32.2. The van der Waals surface area contributed by atoms with E-state index < -0.39 is 15.1 Å². The van der Waals surface area contributed by atoms with Gasteiger partial charge >= 0.3 is 0 Å². The standard InChI is InChI=1S/C14H14O2S/c1-10-11-7-8-12(9-11)14(10)17(15,16)13-5-3-2-4-6-13/h2-8,11-12,14H,1,9H2/t11-,12+,14?/m1/s1. The van der Waals surface area contributed by atoms with Crippen molar-refractivity contribution in [2.75, 3.05) is 0 Å². The maximum atomic E-state index is 12.5. The minimum Gasteiger partial charge on any atom is -0.223 e. The van der Waals surface area contributed by atoms with Gasteiger partial charge in [0.15, 0.2) is 9.84 Å². The van der Waals surface area contributed by atoms with Crippen LogP contribution in [0.5, 0.6) is 0 Å². The maximum Gasteiger partial charge on any atom is 0.185 e. The summed E-state index contributed by atoms with van der Waals surface area (Å²) in [5, 5.41) is -0.417. The smallest absolute Gasteiger partial charge is 0.185 e. The van der Waals surface area contributed by atoms with Crippen LogP contribution in [0.2, 0.25) is 0 Å². The average molecular weight is 246 g/mol. The molecule has 88 valence electrons. The molecule has 2 aliphatic rings. The summed E-state index contributed by atoms with van der Waals surface area (Å²) in [6.45, 7) is 3.98. The van der Waals surface area contributed by atoms with E-state index in [2.05, 4.69) is 12.7 Å². The van der Waals surface area contributed by atoms with Gasteiger partial charge in [0.25, 0.3) is 0 Å². The number of benzene rings is 1. The average Bonchev–Trinajstić information content (AvgIpc) is 2.90. The molecule has 3 heteroatoms. The molecule has 1 saturated carbocycles. The summed E-state index contributed by atoms with van der Waals surface area (Å²) in [5.41, 5.74) is 0.862. The predicted molar refractivity (Wildman–Crippen MR) is 67.3 cm³/mol. The van der Waals surface area contributed by atoms with Crippen LogP contribution in [-0.4, -0.2) is 13.7 Å². The Kier molecular flexibility index (Phi) is 2.26. The monoisotopic (exact) mass is 246 g/mol. The van der Waals surface area contributed by atoms with Crippen LogP contribution < -0.4 is 0 Å². The fraction of sp³-hybridized carbons (Fsp3) is 0.286. The molecule has 1 fully saturated rings. The van der Waals surface area contributed by atoms with Crippen molar-refractivity contribution < 1.29 is 8.42 Å². The first-order valence-corrected chi connectivity index (χ1v) is 7.31. The molecule has 1 aromatic rings. The van der Waals surface area contributed by atoms with Crippen molar-refractivity contribution in [3.05, 3.63) is 54.6 Å². The number of rotatable bonds is 2. The molecule has 0 aromatic heterocycles. The molecule has 0 amide bonds. The van der Waals surface area contributed by atoms with Gasteiger partial charge in [-0.05, 0) is 30.4 Å². The van der Waals surface area contributed by atoms with Crippen LogP contribution in [0.3, 0.4) is 0 Å². The summed E-state index contributed by atoms with van der Waals surface area (Å²) in [6.07, 6.45) is 5.03. The topological polar surface area (TPSA) is 34.1 Å². The van der Waals surface area contributed by atoms with Crippen LogP contribution in [0.1, 0.15) is 6.42 Å². The van der Waals surface area contributed by atoms with Crippen LogP contribution in [0, 0.1) is 11.8 Å². The lowest BCUT2D eigenvalue weighted by Gasteiger charge is -2.20. The zero-order valence-electron chi connectivity index (χ0n) is 9.41. The van der Waals surface area contributed by atoms with E-state index in [1.54, 1.807) is 24.3 Å². The Balaban J connectivity index is 2.06. The number of fused-ring (bicyclic) bond motifs is 2. The highest BCUT2D eigenvalue weighted by Crippen LogP contribution is 2.47. The molecule has 0 spiro atoms. The second-order valence-electron chi connectivity index (χ2n) is 4.74. The minimum atomic E-state index is -3.27. The van der Waals surface area contributed by atoms with E-state index in [0.29, 0.717) is 4.90 Å². The molecular weight excluding hydrogens is 232 g/mol. The van der Waals surface area contributed by atoms with Gasteiger partial charge in [-0.15, -0.1) is 0 Å². The van der Waals surface area contributed by atoms with Crippen LogP contribution >= 0.6 is 0 Å². The first kappa shape index (κ1) is 10.8. The Labute approximate surface area is 102 Å². The largest absolute Gasteiger partial charge is 0.223 e. The van der Waals surface area contributed by atoms with Crippen LogP contribution in [0.25, 0.3) is 0 Å². The SMILES string of the molecule is C=C1C(S(=O)(=O)c2ccccc2)[C@H]2C=C[C@@H]1C2. The molecule has 0 N–H and O–H groups in total. The van der Waals surface area contributed by atoms with Gasteiger partial charge in [0.05, 0.1) is 10.1 Å². The van der Waals surface area contributed by atoms with Crippen LogP contribution in [-0.2, 0) is 9.84 Å². The summed E-state index contributed by atoms with van der Waals surface area (Å²) in [5.74, 6) is 0.390. The number of hydrogen-bond donors (Lipinski definition) is 0. The highest BCUT2D eigenvalue weighted by Gasteiger charge is 2.46. The summed E-state index contributed by atoms with van der Waals surface area (Å²) >= 11 is 0. The fourth-order valence-electron chi connectivity index (χ4n) is 2.90. The third kappa shape index (κ3) is 1.49. The van der Waals surface area contributed by atoms with Gasteiger partial charge in [-0.2, -0.15) is 0 Å². The van der Waals surface area contributed by atoms with Gasteiger partial charge in [-0.1, -0.05) is 42.5 Å². The van der Waals surface area contributed by atoms with Gasteiger partial charge in [-0.3, -0.25) is 0 Å². The second kappa shape index (κ2) is 3.57. The maximum absolute atomic E-state index is 12.5. The van der Waals surface area contributed by atoms with E-state index in [1.165, 1.54) is 0 Å². The van der Waals surface area contributed by atoms with E-state index in [0.717, 1.165) is 12.0 Å². The van der Waals surface area contributed by atoms with Gasteiger partial charge in [0.1, 0.15) is 0 Å². The van der Waals surface area contributed by atoms with Gasteiger partial charge in [-0.25, -0.2) is 8.42 Å². The molecule has 0 heterocycles. The van der Waals surface area contributed by atoms with E-state index in [4.69, 9.17) is 0 Å². The van der Waals surface area contributed by atoms with Crippen molar-refractivity contribution in [3.63, 3.8) is 0 Å². The molecule has 0 saturated heterocycles. The summed E-state index contributed by atoms with van der Waals surface area (Å²) < 4.78 is 25.1. The molecule has 2 bridgehead atoms. The predicted octanol–water partition coefficient (Wildman–Crippen LogP) is 2.59. The number of hydrogen-bond acceptors (Lipinski definition) is 2. The fourth-order valence-corrected chi connectivity index (χ4v) is 4.96. The molecule has 2 nitrogen and oxygen atoms in total. The molecular formula is C14H14O2S. The van der Waals surface area contributed by atoms with E-state index >= 15 is 0 Å². The lowest BCUT2D eigenvalue weighted by Crippen LogP contribution is -2.27. The Morgan fingerprint density at radius 1 is 1.12 bits per heavy atom. The molecule has 3 atom stereocenters. The zero-order valence-corrected chi connectivity index (χ0v) is 10.2. The number of sulfone groups is 1. The molecule has 1 aromatic carbocycles. The summed E-state index contributed by atoms with van der Waals surface area (Å²) in [4.78, 5) is 0.409. The van der Waals surface area contributed by atoms with E-state index in [9.17, 15) is 8.42 Å². The third-order valence-corrected chi connectivity index (χ3v) is 6.00. The zero-order chi connectivity index (χ0) is 12.0. The lowest BCUT2D eigenvalue weighted by molar-refractivity contribution is 0.573. The quantitative estimate of drug-likeness (QED) is 0.752. The van der Waals surface area contributed by atoms with Gasteiger partial charge < -0.3 is 0 Å². The summed E-state index contributed by atoms with van der Waals surface area (Å²) in [6, 6.07) is 8.68. The lowest BCUT2D eigenvalue weighted by atomic mass is 10.0. The van der Waals surface area contributed by atoms with Crippen molar-refractivity contribution >= 4 is 9.84 Å². The van der Waals surface area contributed by atoms with E-state index in [1.807, 2.05) is 12.1 Å². The molecule has 0 aliphatic heterocycles. The third-order valence-electron chi connectivity index (χ3n) is 3.75. The Bertz CT molecular complexity index is 584. The first-order chi connectivity index (χ1) is 8.10. The van der Waals surface area contributed by atoms with Gasteiger partial charge in [0.2, 0.25) is 0 Å². The molecule has 3 rings (SSSR count). The van der Waals surface area contributed by atoms with Crippen molar-refractivity contribution in [2.45, 2.75) is 16.6 Å². The first-order valence-electron chi connectivity index (χ1n) is 5.76. The van der Waals surface area contributed by atoms with Crippen molar-refractivity contribution in [3.8, 4) is 0 Å². The van der Waals surface area contributed by atoms with Crippen molar-refractivity contribution in [1.29, 1.82) is 0 Å². The van der Waals surface area contributed by atoms with Crippen molar-refractivity contribution in [1.82, 2.24) is 0 Å². The molecule has 17 heavy (non-hydrogen) atoms. The molecule has 0 radical (unpaired) electrons. The van der Waals surface area contributed by atoms with Crippen molar-refractivity contribution in [2.24, 2.45) is 11.8 Å². The minimum absolute atomic E-state index is 0.123. The molecule has 1 unspecified atom stereocenters. The molecule has 2 aliphatic carbocycles. The number of allylic oxidation sites excluding steroid dienone is 2. The van der Waals surface area contributed by atoms with Crippen LogP contribution in [0.4, 0.5) is 0 Å². The van der Waals surface area contributed by atoms with E-state index in [-0.39, 0.29) is 11.8 Å². The van der Waals surface area contributed by atoms with Gasteiger partial charge in [0, 0.05) is 0 Å². The highest BCUT2D eigenvalue weighted by molar-refractivity contribution is 7.92. The Hall–Kier alpha value is -1.35. The summed E-state index contributed by atoms with van der Waals surface area (Å²) in [7, 11) is -3.27. The normalized spacial score (nSPS) is 31.1. The van der Waals surface area contributed by atoms with Crippen LogP contribution in [0.15, 0.2) is 59.5 Å². The Morgan fingerprint density at radius 3 is 2.41 bits per heavy atom. The Morgan fingerprint density at radius 2 is 1.82 bits per heavy atom. The second-order valence-corrected chi connectivity index (χ2v) is 6.81.